The molecular weight excluding hydrogens is 308 g/mol. The number of hydrogen-bond acceptors (Lipinski definition) is 3. The van der Waals surface area contributed by atoms with Crippen LogP contribution in [0.5, 0.6) is 0 Å². The number of carbonyl (C=O) groups is 1. The normalized spacial score (nSPS) is 19.5. The lowest BCUT2D eigenvalue weighted by atomic mass is 10.1. The molecule has 1 heterocycles. The maximum atomic E-state index is 12.4. The second kappa shape index (κ2) is 7.03. The van der Waals surface area contributed by atoms with Gasteiger partial charge in [0, 0.05) is 17.6 Å². The fraction of sp³-hybridized carbons (Fsp3) is 0.500. The van der Waals surface area contributed by atoms with E-state index in [4.69, 9.17) is 4.74 Å². The molecule has 1 aromatic carbocycles. The summed E-state index contributed by atoms with van der Waals surface area (Å²) in [6, 6.07) is 8.03. The summed E-state index contributed by atoms with van der Waals surface area (Å²) < 4.78 is 6.47. The van der Waals surface area contributed by atoms with Crippen LogP contribution in [0, 0.1) is 0 Å². The van der Waals surface area contributed by atoms with Crippen LogP contribution in [-0.4, -0.2) is 50.2 Å². The van der Waals surface area contributed by atoms with Gasteiger partial charge in [-0.3, -0.25) is 4.79 Å². The van der Waals surface area contributed by atoms with Gasteiger partial charge in [-0.2, -0.15) is 0 Å². The summed E-state index contributed by atoms with van der Waals surface area (Å²) in [4.78, 5) is 14.3. The molecular formula is C14H19BrN2O2. The number of halogens is 1. The number of nitrogens with one attached hydrogen (secondary N) is 1. The Labute approximate surface area is 122 Å². The molecule has 1 fully saturated rings. The first kappa shape index (κ1) is 14.5. The van der Waals surface area contributed by atoms with E-state index < -0.39 is 0 Å². The molecule has 0 spiro atoms. The first-order valence-electron chi connectivity index (χ1n) is 6.47. The monoisotopic (exact) mass is 326 g/mol. The number of morpholine rings is 1. The van der Waals surface area contributed by atoms with Crippen molar-refractivity contribution in [2.75, 3.05) is 33.4 Å². The van der Waals surface area contributed by atoms with E-state index in [0.29, 0.717) is 26.2 Å². The number of nitrogens with zero attached hydrogens (tertiary/aromatic N) is 1. The van der Waals surface area contributed by atoms with Crippen molar-refractivity contribution in [2.24, 2.45) is 0 Å². The van der Waals surface area contributed by atoms with Gasteiger partial charge in [0.15, 0.2) is 0 Å². The molecule has 1 aromatic rings. The molecule has 5 heteroatoms. The van der Waals surface area contributed by atoms with Gasteiger partial charge in [0.25, 0.3) is 0 Å². The van der Waals surface area contributed by atoms with Gasteiger partial charge >= 0.3 is 0 Å². The van der Waals surface area contributed by atoms with Crippen molar-refractivity contribution in [3.05, 3.63) is 34.3 Å². The topological polar surface area (TPSA) is 41.6 Å². The third kappa shape index (κ3) is 4.03. The van der Waals surface area contributed by atoms with Crippen LogP contribution in [0.3, 0.4) is 0 Å². The van der Waals surface area contributed by atoms with Crippen molar-refractivity contribution in [1.29, 1.82) is 0 Å². The first-order valence-corrected chi connectivity index (χ1v) is 7.26. The van der Waals surface area contributed by atoms with Gasteiger partial charge in [-0.05, 0) is 24.7 Å². The number of hydrogen-bond donors (Lipinski definition) is 1. The van der Waals surface area contributed by atoms with Gasteiger partial charge in [-0.1, -0.05) is 28.1 Å². The van der Waals surface area contributed by atoms with Gasteiger partial charge < -0.3 is 15.0 Å². The summed E-state index contributed by atoms with van der Waals surface area (Å²) in [5.41, 5.74) is 1.04. The van der Waals surface area contributed by atoms with Gasteiger partial charge in [0.2, 0.25) is 5.91 Å². The average Bonchev–Trinajstić information content (AvgIpc) is 2.42. The summed E-state index contributed by atoms with van der Waals surface area (Å²) >= 11 is 3.40. The fourth-order valence-electron chi connectivity index (χ4n) is 2.27. The minimum atomic E-state index is 0.140. The van der Waals surface area contributed by atoms with Crippen LogP contribution < -0.4 is 5.32 Å². The van der Waals surface area contributed by atoms with Crippen molar-refractivity contribution in [1.82, 2.24) is 10.2 Å². The Bertz CT molecular complexity index is 420. The van der Waals surface area contributed by atoms with E-state index in [0.717, 1.165) is 16.6 Å². The standard InChI is InChI=1S/C14H19BrN2O2/c1-16-9-13-10-19-7-6-17(13)14(18)8-11-2-4-12(15)5-3-11/h2-5,13,16H,6-10H2,1H3. The number of likely N-dealkylation sites (N-methyl/N-ethyl adjacent to an activating group) is 1. The molecule has 0 saturated carbocycles. The molecule has 0 radical (unpaired) electrons. The zero-order valence-electron chi connectivity index (χ0n) is 11.1. The van der Waals surface area contributed by atoms with Crippen molar-refractivity contribution < 1.29 is 9.53 Å². The molecule has 1 unspecified atom stereocenters. The summed E-state index contributed by atoms with van der Waals surface area (Å²) in [5, 5.41) is 3.11. The zero-order chi connectivity index (χ0) is 13.7. The highest BCUT2D eigenvalue weighted by atomic mass is 79.9. The highest BCUT2D eigenvalue weighted by Gasteiger charge is 2.26. The second-order valence-electron chi connectivity index (χ2n) is 4.68. The van der Waals surface area contributed by atoms with E-state index in [1.165, 1.54) is 0 Å². The molecule has 0 aliphatic carbocycles. The summed E-state index contributed by atoms with van der Waals surface area (Å²) in [6.45, 7) is 2.70. The molecule has 19 heavy (non-hydrogen) atoms. The van der Waals surface area contributed by atoms with Gasteiger partial charge in [-0.25, -0.2) is 0 Å². The fourth-order valence-corrected chi connectivity index (χ4v) is 2.53. The maximum absolute atomic E-state index is 12.4. The van der Waals surface area contributed by atoms with Crippen LogP contribution >= 0.6 is 15.9 Å². The molecule has 104 valence electrons. The van der Waals surface area contributed by atoms with Crippen LogP contribution in [0.15, 0.2) is 28.7 Å². The van der Waals surface area contributed by atoms with E-state index in [9.17, 15) is 4.79 Å². The molecule has 4 nitrogen and oxygen atoms in total. The molecule has 1 aliphatic heterocycles. The molecule has 1 aliphatic rings. The number of carbonyl (C=O) groups excluding carboxylic acids is 1. The number of amides is 1. The minimum absolute atomic E-state index is 0.140. The highest BCUT2D eigenvalue weighted by molar-refractivity contribution is 9.10. The third-order valence-corrected chi connectivity index (χ3v) is 3.78. The summed E-state index contributed by atoms with van der Waals surface area (Å²) in [5.74, 6) is 0.172. The van der Waals surface area contributed by atoms with Crippen molar-refractivity contribution >= 4 is 21.8 Å². The Morgan fingerprint density at radius 3 is 2.89 bits per heavy atom. The Morgan fingerprint density at radius 1 is 1.47 bits per heavy atom. The lowest BCUT2D eigenvalue weighted by molar-refractivity contribution is -0.138. The van der Waals surface area contributed by atoms with E-state index in [1.807, 2.05) is 36.2 Å². The molecule has 1 atom stereocenters. The van der Waals surface area contributed by atoms with E-state index >= 15 is 0 Å². The molecule has 2 rings (SSSR count). The van der Waals surface area contributed by atoms with Gasteiger partial charge in [0.05, 0.1) is 25.7 Å². The quantitative estimate of drug-likeness (QED) is 0.910. The van der Waals surface area contributed by atoms with Gasteiger partial charge in [-0.15, -0.1) is 0 Å². The molecule has 1 N–H and O–H groups in total. The van der Waals surface area contributed by atoms with Crippen molar-refractivity contribution in [3.63, 3.8) is 0 Å². The zero-order valence-corrected chi connectivity index (χ0v) is 12.6. The van der Waals surface area contributed by atoms with E-state index in [-0.39, 0.29) is 11.9 Å². The largest absolute Gasteiger partial charge is 0.377 e. The van der Waals surface area contributed by atoms with Crippen LogP contribution in [0.2, 0.25) is 0 Å². The van der Waals surface area contributed by atoms with Crippen molar-refractivity contribution in [3.8, 4) is 0 Å². The van der Waals surface area contributed by atoms with Crippen LogP contribution in [-0.2, 0) is 16.0 Å². The lowest BCUT2D eigenvalue weighted by Crippen LogP contribution is -2.52. The van der Waals surface area contributed by atoms with Crippen LogP contribution in [0.25, 0.3) is 0 Å². The molecule has 1 saturated heterocycles. The maximum Gasteiger partial charge on any atom is 0.227 e. The highest BCUT2D eigenvalue weighted by Crippen LogP contribution is 2.13. The van der Waals surface area contributed by atoms with Crippen LogP contribution in [0.1, 0.15) is 5.56 Å². The molecule has 0 aromatic heterocycles. The van der Waals surface area contributed by atoms with Crippen molar-refractivity contribution in [2.45, 2.75) is 12.5 Å². The lowest BCUT2D eigenvalue weighted by Gasteiger charge is -2.35. The smallest absolute Gasteiger partial charge is 0.227 e. The summed E-state index contributed by atoms with van der Waals surface area (Å²) in [6.07, 6.45) is 0.452. The second-order valence-corrected chi connectivity index (χ2v) is 5.59. The summed E-state index contributed by atoms with van der Waals surface area (Å²) in [7, 11) is 1.89. The predicted molar refractivity (Wildman–Crippen MR) is 78.1 cm³/mol. The third-order valence-electron chi connectivity index (χ3n) is 3.26. The Hall–Kier alpha value is -0.910. The molecule has 1 amide bonds. The number of ether oxygens (including phenoxy) is 1. The Kier molecular flexibility index (Phi) is 5.36. The number of rotatable bonds is 4. The average molecular weight is 327 g/mol. The minimum Gasteiger partial charge on any atom is -0.377 e. The number of benzene rings is 1. The first-order chi connectivity index (χ1) is 9.20. The van der Waals surface area contributed by atoms with E-state index in [1.54, 1.807) is 0 Å². The predicted octanol–water partition coefficient (Wildman–Crippen LogP) is 1.44. The molecule has 0 bridgehead atoms. The SMILES string of the molecule is CNCC1COCCN1C(=O)Cc1ccc(Br)cc1. The Balaban J connectivity index is 1.99. The van der Waals surface area contributed by atoms with Gasteiger partial charge in [0.1, 0.15) is 0 Å². The Morgan fingerprint density at radius 2 is 2.21 bits per heavy atom. The van der Waals surface area contributed by atoms with Crippen LogP contribution in [0.4, 0.5) is 0 Å². The van der Waals surface area contributed by atoms with E-state index in [2.05, 4.69) is 21.2 Å².